The third-order valence-corrected chi connectivity index (χ3v) is 5.48. The van der Waals surface area contributed by atoms with Crippen molar-refractivity contribution >= 4 is 39.8 Å². The highest BCUT2D eigenvalue weighted by Gasteiger charge is 2.22. The molecule has 9 heteroatoms. The zero-order chi connectivity index (χ0) is 20.3. The molecule has 1 atom stereocenters. The number of aromatic nitrogens is 2. The van der Waals surface area contributed by atoms with Gasteiger partial charge in [-0.15, -0.1) is 0 Å². The standard InChI is InChI=1S/C19H20ClN3O4S/c1-13-21-17-8-7-14(19(24)23(28(25)26)9-10-27-2)11-18(17)22(13)12-15-5-3-4-6-16(15)20/h3-8,11H,9-10,12H2,1-2H3,(H,25,26). The lowest BCUT2D eigenvalue weighted by atomic mass is 10.1. The van der Waals surface area contributed by atoms with E-state index < -0.39 is 17.2 Å². The van der Waals surface area contributed by atoms with Gasteiger partial charge in [0.1, 0.15) is 5.82 Å². The van der Waals surface area contributed by atoms with Crippen LogP contribution in [0.2, 0.25) is 5.02 Å². The second-order valence-corrected chi connectivity index (χ2v) is 7.48. The lowest BCUT2D eigenvalue weighted by Gasteiger charge is -2.17. The Bertz CT molecular complexity index is 1040. The first-order chi connectivity index (χ1) is 13.4. The predicted octanol–water partition coefficient (Wildman–Crippen LogP) is 3.27. The summed E-state index contributed by atoms with van der Waals surface area (Å²) in [5.41, 5.74) is 2.71. The second kappa shape index (κ2) is 8.83. The average molecular weight is 422 g/mol. The van der Waals surface area contributed by atoms with Gasteiger partial charge in [-0.3, -0.25) is 9.35 Å². The van der Waals surface area contributed by atoms with Crippen LogP contribution >= 0.6 is 11.6 Å². The number of methoxy groups -OCH3 is 1. The number of hydrogen-bond acceptors (Lipinski definition) is 4. The number of fused-ring (bicyclic) bond motifs is 1. The summed E-state index contributed by atoms with van der Waals surface area (Å²) in [6.45, 7) is 2.54. The van der Waals surface area contributed by atoms with Crippen molar-refractivity contribution in [1.29, 1.82) is 0 Å². The summed E-state index contributed by atoms with van der Waals surface area (Å²) >= 11 is 3.84. The number of carbonyl (C=O) groups is 1. The first kappa shape index (κ1) is 20.5. The molecule has 7 nitrogen and oxygen atoms in total. The number of rotatable bonds is 7. The second-order valence-electron chi connectivity index (χ2n) is 6.17. The van der Waals surface area contributed by atoms with E-state index in [0.717, 1.165) is 26.7 Å². The first-order valence-electron chi connectivity index (χ1n) is 8.54. The molecule has 0 aliphatic heterocycles. The van der Waals surface area contributed by atoms with Crippen LogP contribution in [0, 0.1) is 6.92 Å². The highest BCUT2D eigenvalue weighted by Crippen LogP contribution is 2.23. The van der Waals surface area contributed by atoms with Crippen molar-refractivity contribution in [2.45, 2.75) is 13.5 Å². The fraction of sp³-hybridized carbons (Fsp3) is 0.263. The van der Waals surface area contributed by atoms with Gasteiger partial charge >= 0.3 is 0 Å². The minimum Gasteiger partial charge on any atom is -0.383 e. The number of halogens is 1. The van der Waals surface area contributed by atoms with Gasteiger partial charge in [0.15, 0.2) is 0 Å². The van der Waals surface area contributed by atoms with Crippen molar-refractivity contribution in [1.82, 2.24) is 13.9 Å². The number of ether oxygens (including phenoxy) is 1. The van der Waals surface area contributed by atoms with E-state index in [2.05, 4.69) is 4.98 Å². The van der Waals surface area contributed by atoms with E-state index in [0.29, 0.717) is 17.1 Å². The van der Waals surface area contributed by atoms with E-state index in [1.165, 1.54) is 7.11 Å². The molecule has 0 radical (unpaired) electrons. The van der Waals surface area contributed by atoms with Gasteiger partial charge in [-0.25, -0.2) is 13.5 Å². The minimum absolute atomic E-state index is 0.00833. The number of amides is 1. The van der Waals surface area contributed by atoms with Gasteiger partial charge in [-0.2, -0.15) is 0 Å². The summed E-state index contributed by atoms with van der Waals surface area (Å²) in [7, 11) is 1.46. The Hall–Kier alpha value is -2.26. The van der Waals surface area contributed by atoms with Crippen LogP contribution in [0.5, 0.6) is 0 Å². The molecule has 148 valence electrons. The molecule has 1 N–H and O–H groups in total. The molecule has 28 heavy (non-hydrogen) atoms. The Labute approximate surface area is 170 Å². The molecule has 1 aromatic heterocycles. The van der Waals surface area contributed by atoms with Crippen molar-refractivity contribution in [3.8, 4) is 0 Å². The topological polar surface area (TPSA) is 84.7 Å². The maximum absolute atomic E-state index is 12.7. The molecule has 0 aliphatic rings. The van der Waals surface area contributed by atoms with Crippen LogP contribution in [0.1, 0.15) is 21.7 Å². The molecule has 3 aromatic rings. The van der Waals surface area contributed by atoms with Crippen molar-refractivity contribution in [2.75, 3.05) is 20.3 Å². The summed E-state index contributed by atoms with van der Waals surface area (Å²) in [5, 5.41) is 0.650. The number of imidazole rings is 1. The molecule has 1 amide bonds. The lowest BCUT2D eigenvalue weighted by Crippen LogP contribution is -2.35. The molecule has 0 bridgehead atoms. The van der Waals surface area contributed by atoms with Crippen LogP contribution in [-0.2, 0) is 22.5 Å². The summed E-state index contributed by atoms with van der Waals surface area (Å²) in [6, 6.07) is 12.5. The molecular formula is C19H20ClN3O4S. The van der Waals surface area contributed by atoms with Gasteiger partial charge < -0.3 is 9.30 Å². The summed E-state index contributed by atoms with van der Waals surface area (Å²) in [6.07, 6.45) is 0. The van der Waals surface area contributed by atoms with E-state index in [1.807, 2.05) is 35.8 Å². The monoisotopic (exact) mass is 421 g/mol. The zero-order valence-corrected chi connectivity index (χ0v) is 17.0. The van der Waals surface area contributed by atoms with Crippen LogP contribution in [0.4, 0.5) is 0 Å². The van der Waals surface area contributed by atoms with E-state index in [9.17, 15) is 13.6 Å². The minimum atomic E-state index is -2.44. The predicted molar refractivity (Wildman–Crippen MR) is 109 cm³/mol. The van der Waals surface area contributed by atoms with Crippen LogP contribution in [0.3, 0.4) is 0 Å². The molecule has 3 rings (SSSR count). The molecule has 0 aliphatic carbocycles. The summed E-state index contributed by atoms with van der Waals surface area (Å²) < 4.78 is 28.7. The maximum Gasteiger partial charge on any atom is 0.267 e. The largest absolute Gasteiger partial charge is 0.383 e. The summed E-state index contributed by atoms with van der Waals surface area (Å²) in [5.74, 6) is 0.226. The third kappa shape index (κ3) is 4.25. The van der Waals surface area contributed by atoms with Crippen molar-refractivity contribution in [2.24, 2.45) is 0 Å². The SMILES string of the molecule is COCCN(C(=O)c1ccc2nc(C)n(Cc3ccccc3Cl)c2c1)S(=O)O. The van der Waals surface area contributed by atoms with Crippen LogP contribution in [0.25, 0.3) is 11.0 Å². The number of carbonyl (C=O) groups excluding carboxylic acids is 1. The van der Waals surface area contributed by atoms with Crippen molar-refractivity contribution in [3.63, 3.8) is 0 Å². The fourth-order valence-corrected chi connectivity index (χ4v) is 3.61. The molecule has 0 spiro atoms. The van der Waals surface area contributed by atoms with Gasteiger partial charge in [0.25, 0.3) is 17.2 Å². The quantitative estimate of drug-likeness (QED) is 0.592. The number of nitrogens with zero attached hydrogens (tertiary/aromatic N) is 3. The highest BCUT2D eigenvalue weighted by molar-refractivity contribution is 7.77. The molecule has 0 saturated heterocycles. The van der Waals surface area contributed by atoms with Crippen LogP contribution < -0.4 is 0 Å². The van der Waals surface area contributed by atoms with Gasteiger partial charge in [-0.05, 0) is 36.8 Å². The van der Waals surface area contributed by atoms with Crippen LogP contribution in [0.15, 0.2) is 42.5 Å². The highest BCUT2D eigenvalue weighted by atomic mass is 35.5. The lowest BCUT2D eigenvalue weighted by molar-refractivity contribution is 0.0824. The third-order valence-electron chi connectivity index (χ3n) is 4.39. The molecule has 2 aromatic carbocycles. The van der Waals surface area contributed by atoms with Gasteiger partial charge in [0.05, 0.1) is 30.7 Å². The van der Waals surface area contributed by atoms with Crippen LogP contribution in [-0.4, -0.2) is 48.8 Å². The Balaban J connectivity index is 1.99. The smallest absolute Gasteiger partial charge is 0.267 e. The number of benzene rings is 2. The average Bonchev–Trinajstić information content (AvgIpc) is 2.98. The Morgan fingerprint density at radius 1 is 1.32 bits per heavy atom. The molecule has 0 saturated carbocycles. The normalized spacial score (nSPS) is 12.3. The van der Waals surface area contributed by atoms with Crippen molar-refractivity contribution < 1.29 is 18.3 Å². The first-order valence-corrected chi connectivity index (χ1v) is 9.98. The van der Waals surface area contributed by atoms with E-state index >= 15 is 0 Å². The molecular weight excluding hydrogens is 402 g/mol. The maximum atomic E-state index is 12.7. The molecule has 1 unspecified atom stereocenters. The number of aryl methyl sites for hydroxylation is 1. The fourth-order valence-electron chi connectivity index (χ4n) is 2.94. The van der Waals surface area contributed by atoms with Gasteiger partial charge in [-0.1, -0.05) is 29.8 Å². The van der Waals surface area contributed by atoms with E-state index in [1.54, 1.807) is 18.2 Å². The summed E-state index contributed by atoms with van der Waals surface area (Å²) in [4.78, 5) is 17.3. The zero-order valence-electron chi connectivity index (χ0n) is 15.5. The van der Waals surface area contributed by atoms with Gasteiger partial charge in [0.2, 0.25) is 0 Å². The van der Waals surface area contributed by atoms with Crippen molar-refractivity contribution in [3.05, 3.63) is 64.4 Å². The van der Waals surface area contributed by atoms with E-state index in [-0.39, 0.29) is 13.2 Å². The molecule has 1 heterocycles. The number of hydrogen-bond donors (Lipinski definition) is 1. The Kier molecular flexibility index (Phi) is 6.46. The van der Waals surface area contributed by atoms with Gasteiger partial charge in [0, 0.05) is 17.7 Å². The Morgan fingerprint density at radius 3 is 2.75 bits per heavy atom. The molecule has 0 fully saturated rings. The van der Waals surface area contributed by atoms with E-state index in [4.69, 9.17) is 16.3 Å². The Morgan fingerprint density at radius 2 is 2.07 bits per heavy atom.